The van der Waals surface area contributed by atoms with Crippen LogP contribution in [-0.2, 0) is 0 Å². The van der Waals surface area contributed by atoms with E-state index in [1.165, 1.54) is 18.2 Å². The van der Waals surface area contributed by atoms with Gasteiger partial charge in [-0.15, -0.1) is 0 Å². The Morgan fingerprint density at radius 3 is 2.56 bits per heavy atom. The number of aromatic carboxylic acids is 1. The predicted molar refractivity (Wildman–Crippen MR) is 58.1 cm³/mol. The Balaban J connectivity index is 0.000000212. The normalized spacial score (nSPS) is 9.00. The zero-order chi connectivity index (χ0) is 12.0. The maximum Gasteiger partial charge on any atom is 0.339 e. The number of carboxylic acid groups (broad SMARTS) is 1. The number of nitrogens with zero attached hydrogens (tertiary/aromatic N) is 1. The maximum atomic E-state index is 10.3. The van der Waals surface area contributed by atoms with Crippen molar-refractivity contribution in [3.8, 4) is 5.75 Å². The Bertz CT molecular complexity index is 437. The molecule has 0 aliphatic rings. The number of phenols is 1. The second-order valence-corrected chi connectivity index (χ2v) is 2.84. The lowest BCUT2D eigenvalue weighted by atomic mass is 10.2. The maximum absolute atomic E-state index is 10.3. The lowest BCUT2D eigenvalue weighted by molar-refractivity contribution is 0.0694. The lowest BCUT2D eigenvalue weighted by Crippen LogP contribution is -1.97. The molecular formula is C10H11N3O3. The van der Waals surface area contributed by atoms with Crippen molar-refractivity contribution in [3.63, 3.8) is 0 Å². The van der Waals surface area contributed by atoms with Gasteiger partial charge in [-0.2, -0.15) is 0 Å². The number of nitrogens with one attached hydrogen (secondary N) is 1. The highest BCUT2D eigenvalue weighted by atomic mass is 16.4. The summed E-state index contributed by atoms with van der Waals surface area (Å²) in [6.45, 7) is 0. The Morgan fingerprint density at radius 1 is 1.44 bits per heavy atom. The van der Waals surface area contributed by atoms with Crippen molar-refractivity contribution in [2.75, 3.05) is 5.73 Å². The average Bonchev–Trinajstić information content (AvgIpc) is 2.74. The fourth-order valence-corrected chi connectivity index (χ4v) is 0.945. The molecule has 2 aromatic rings. The van der Waals surface area contributed by atoms with Crippen LogP contribution in [0.15, 0.2) is 36.9 Å². The molecular weight excluding hydrogens is 210 g/mol. The number of carbonyl (C=O) groups is 1. The number of nitrogens with two attached hydrogens (primary N) is 1. The van der Waals surface area contributed by atoms with E-state index in [0.717, 1.165) is 0 Å². The molecule has 1 aromatic carbocycles. The number of aromatic amines is 1. The highest BCUT2D eigenvalue weighted by Gasteiger charge is 2.07. The summed E-state index contributed by atoms with van der Waals surface area (Å²) in [5, 5.41) is 17.5. The molecule has 6 heteroatoms. The molecule has 0 fully saturated rings. The van der Waals surface area contributed by atoms with Gasteiger partial charge in [0.2, 0.25) is 0 Å². The summed E-state index contributed by atoms with van der Waals surface area (Å²) in [5.74, 6) is -1.47. The minimum Gasteiger partial charge on any atom is -0.507 e. The number of H-pyrrole nitrogens is 1. The lowest BCUT2D eigenvalue weighted by Gasteiger charge is -1.98. The SMILES string of the molecule is Nc1ccc(C(=O)O)c(O)c1.c1c[nH]cn1. The second kappa shape index (κ2) is 5.40. The average molecular weight is 221 g/mol. The quantitative estimate of drug-likeness (QED) is 0.538. The van der Waals surface area contributed by atoms with Gasteiger partial charge in [-0.25, -0.2) is 9.78 Å². The van der Waals surface area contributed by atoms with E-state index >= 15 is 0 Å². The standard InChI is InChI=1S/C7H7NO3.C3H4N2/c8-4-1-2-5(7(10)11)6(9)3-4;1-2-5-3-4-1/h1-3,9H,8H2,(H,10,11);1-3H,(H,4,5). The summed E-state index contributed by atoms with van der Waals surface area (Å²) < 4.78 is 0. The van der Waals surface area contributed by atoms with Gasteiger partial charge in [-0.1, -0.05) is 0 Å². The van der Waals surface area contributed by atoms with Crippen LogP contribution in [0.3, 0.4) is 0 Å². The second-order valence-electron chi connectivity index (χ2n) is 2.84. The third-order valence-electron chi connectivity index (χ3n) is 1.66. The summed E-state index contributed by atoms with van der Waals surface area (Å²) in [6.07, 6.45) is 5.08. The van der Waals surface area contributed by atoms with E-state index in [9.17, 15) is 4.79 Å². The summed E-state index contributed by atoms with van der Waals surface area (Å²) in [6, 6.07) is 3.87. The molecule has 1 heterocycles. The zero-order valence-corrected chi connectivity index (χ0v) is 8.29. The molecule has 16 heavy (non-hydrogen) atoms. The summed E-state index contributed by atoms with van der Waals surface area (Å²) in [4.78, 5) is 16.7. The van der Waals surface area contributed by atoms with Gasteiger partial charge in [0, 0.05) is 24.1 Å². The fraction of sp³-hybridized carbons (Fsp3) is 0. The molecule has 2 rings (SSSR count). The first-order chi connectivity index (χ1) is 7.61. The molecule has 5 N–H and O–H groups in total. The molecule has 0 aliphatic heterocycles. The first-order valence-electron chi connectivity index (χ1n) is 4.36. The van der Waals surface area contributed by atoms with Crippen molar-refractivity contribution in [3.05, 3.63) is 42.5 Å². The number of hydrogen-bond acceptors (Lipinski definition) is 4. The molecule has 0 spiro atoms. The van der Waals surface area contributed by atoms with Gasteiger partial charge in [0.15, 0.2) is 0 Å². The summed E-state index contributed by atoms with van der Waals surface area (Å²) >= 11 is 0. The van der Waals surface area contributed by atoms with Crippen molar-refractivity contribution < 1.29 is 15.0 Å². The predicted octanol–water partition coefficient (Wildman–Crippen LogP) is 1.08. The molecule has 0 aliphatic carbocycles. The van der Waals surface area contributed by atoms with Crippen LogP contribution in [0.1, 0.15) is 10.4 Å². The van der Waals surface area contributed by atoms with Crippen molar-refractivity contribution in [1.29, 1.82) is 0 Å². The highest BCUT2D eigenvalue weighted by molar-refractivity contribution is 5.91. The largest absolute Gasteiger partial charge is 0.507 e. The first-order valence-corrected chi connectivity index (χ1v) is 4.36. The Morgan fingerprint density at radius 2 is 2.19 bits per heavy atom. The molecule has 0 atom stereocenters. The van der Waals surface area contributed by atoms with Crippen LogP contribution in [0.5, 0.6) is 5.75 Å². The number of aromatic nitrogens is 2. The molecule has 1 aromatic heterocycles. The molecule has 0 unspecified atom stereocenters. The fourth-order valence-electron chi connectivity index (χ4n) is 0.945. The van der Waals surface area contributed by atoms with Crippen molar-refractivity contribution >= 4 is 11.7 Å². The van der Waals surface area contributed by atoms with Crippen molar-refractivity contribution in [2.24, 2.45) is 0 Å². The number of anilines is 1. The van der Waals surface area contributed by atoms with E-state index < -0.39 is 5.97 Å². The molecule has 0 amide bonds. The Kier molecular flexibility index (Phi) is 3.90. The van der Waals surface area contributed by atoms with Gasteiger partial charge >= 0.3 is 5.97 Å². The van der Waals surface area contributed by atoms with Gasteiger partial charge < -0.3 is 20.9 Å². The molecule has 0 bridgehead atoms. The number of benzene rings is 1. The topological polar surface area (TPSA) is 112 Å². The van der Waals surface area contributed by atoms with Gasteiger partial charge in [-0.05, 0) is 12.1 Å². The van der Waals surface area contributed by atoms with Crippen LogP contribution in [0.2, 0.25) is 0 Å². The molecule has 6 nitrogen and oxygen atoms in total. The smallest absolute Gasteiger partial charge is 0.339 e. The Hall–Kier alpha value is -2.50. The van der Waals surface area contributed by atoms with Crippen molar-refractivity contribution in [2.45, 2.75) is 0 Å². The minimum absolute atomic E-state index is 0.140. The minimum atomic E-state index is -1.16. The molecule has 0 saturated carbocycles. The molecule has 0 saturated heterocycles. The summed E-state index contributed by atoms with van der Waals surface area (Å²) in [7, 11) is 0. The van der Waals surface area contributed by atoms with Gasteiger partial charge in [0.25, 0.3) is 0 Å². The van der Waals surface area contributed by atoms with Crippen LogP contribution >= 0.6 is 0 Å². The van der Waals surface area contributed by atoms with Crippen LogP contribution in [-0.4, -0.2) is 26.2 Å². The number of hydrogen-bond donors (Lipinski definition) is 4. The first kappa shape index (κ1) is 11.6. The van der Waals surface area contributed by atoms with Crippen LogP contribution < -0.4 is 5.73 Å². The van der Waals surface area contributed by atoms with Crippen molar-refractivity contribution in [1.82, 2.24) is 9.97 Å². The Labute approximate surface area is 91.4 Å². The van der Waals surface area contributed by atoms with E-state index in [4.69, 9.17) is 15.9 Å². The third-order valence-corrected chi connectivity index (χ3v) is 1.66. The molecule has 0 radical (unpaired) electrons. The number of imidazole rings is 1. The number of nitrogen functional groups attached to an aromatic ring is 1. The van der Waals surface area contributed by atoms with E-state index in [0.29, 0.717) is 5.69 Å². The van der Waals surface area contributed by atoms with E-state index in [1.54, 1.807) is 18.7 Å². The van der Waals surface area contributed by atoms with Crippen LogP contribution in [0.4, 0.5) is 5.69 Å². The summed E-state index contributed by atoms with van der Waals surface area (Å²) in [5.41, 5.74) is 5.48. The highest BCUT2D eigenvalue weighted by Crippen LogP contribution is 2.19. The number of aromatic hydroxyl groups is 1. The van der Waals surface area contributed by atoms with Gasteiger partial charge in [0.05, 0.1) is 6.33 Å². The third kappa shape index (κ3) is 3.33. The number of carboxylic acids is 1. The monoisotopic (exact) mass is 221 g/mol. The van der Waals surface area contributed by atoms with Crippen LogP contribution in [0, 0.1) is 0 Å². The van der Waals surface area contributed by atoms with E-state index in [2.05, 4.69) is 9.97 Å². The van der Waals surface area contributed by atoms with E-state index in [-0.39, 0.29) is 11.3 Å². The van der Waals surface area contributed by atoms with Crippen LogP contribution in [0.25, 0.3) is 0 Å². The zero-order valence-electron chi connectivity index (χ0n) is 8.29. The van der Waals surface area contributed by atoms with Gasteiger partial charge in [0.1, 0.15) is 11.3 Å². The van der Waals surface area contributed by atoms with Gasteiger partial charge in [-0.3, -0.25) is 0 Å². The number of rotatable bonds is 1. The van der Waals surface area contributed by atoms with E-state index in [1.807, 2.05) is 0 Å². The molecule has 84 valence electrons.